The molecule has 0 amide bonds. The van der Waals surface area contributed by atoms with Crippen molar-refractivity contribution in [3.63, 3.8) is 0 Å². The molecule has 5 heteroatoms. The van der Waals surface area contributed by atoms with Crippen LogP contribution in [0.5, 0.6) is 0 Å². The lowest BCUT2D eigenvalue weighted by Gasteiger charge is -2.04. The second kappa shape index (κ2) is 2.91. The van der Waals surface area contributed by atoms with Gasteiger partial charge in [0.2, 0.25) is 0 Å². The summed E-state index contributed by atoms with van der Waals surface area (Å²) in [7, 11) is 0. The summed E-state index contributed by atoms with van der Waals surface area (Å²) in [5.41, 5.74) is 0.391. The van der Waals surface area contributed by atoms with Gasteiger partial charge >= 0.3 is 0 Å². The van der Waals surface area contributed by atoms with Crippen LogP contribution < -0.4 is 5.32 Å². The minimum atomic E-state index is 0.326. The lowest BCUT2D eigenvalue weighted by Crippen LogP contribution is -2.15. The average Bonchev–Trinajstić information content (AvgIpc) is 2.75. The molecule has 5 nitrogen and oxygen atoms in total. The molecule has 62 valence electrons. The van der Waals surface area contributed by atoms with Gasteiger partial charge in [0.15, 0.2) is 5.69 Å². The Morgan fingerprint density at radius 1 is 1.75 bits per heavy atom. The molecule has 12 heavy (non-hydrogen) atoms. The van der Waals surface area contributed by atoms with E-state index in [0.29, 0.717) is 11.7 Å². The monoisotopic (exact) mass is 163 g/mol. The number of nitriles is 1. The molecule has 1 fully saturated rings. The highest BCUT2D eigenvalue weighted by Crippen LogP contribution is 2.11. The van der Waals surface area contributed by atoms with Crippen LogP contribution in [0, 0.1) is 11.3 Å². The van der Waals surface area contributed by atoms with E-state index >= 15 is 0 Å². The quantitative estimate of drug-likeness (QED) is 0.616. The van der Waals surface area contributed by atoms with E-state index in [0.717, 1.165) is 19.5 Å². The molecule has 1 N–H and O–H groups in total. The number of hydrogen-bond acceptors (Lipinski definition) is 4. The maximum atomic E-state index is 8.51. The predicted molar refractivity (Wildman–Crippen MR) is 41.3 cm³/mol. The summed E-state index contributed by atoms with van der Waals surface area (Å²) < 4.78 is 0. The summed E-state index contributed by atoms with van der Waals surface area (Å²) in [5.74, 6) is 0. The van der Waals surface area contributed by atoms with E-state index in [1.54, 1.807) is 4.80 Å². The molecule has 0 aromatic carbocycles. The number of aromatic nitrogens is 3. The van der Waals surface area contributed by atoms with Crippen molar-refractivity contribution in [2.75, 3.05) is 13.1 Å². The van der Waals surface area contributed by atoms with Crippen LogP contribution in [-0.2, 0) is 0 Å². The number of nitrogens with zero attached hydrogens (tertiary/aromatic N) is 4. The summed E-state index contributed by atoms with van der Waals surface area (Å²) in [6.45, 7) is 1.91. The Hall–Kier alpha value is -1.41. The molecule has 0 spiro atoms. The van der Waals surface area contributed by atoms with Crippen molar-refractivity contribution in [1.29, 1.82) is 5.26 Å². The zero-order chi connectivity index (χ0) is 8.39. The van der Waals surface area contributed by atoms with Crippen LogP contribution in [0.4, 0.5) is 0 Å². The van der Waals surface area contributed by atoms with Gasteiger partial charge in [0.05, 0.1) is 12.2 Å². The summed E-state index contributed by atoms with van der Waals surface area (Å²) in [5, 5.41) is 19.8. The highest BCUT2D eigenvalue weighted by Gasteiger charge is 2.17. The first-order valence-corrected chi connectivity index (χ1v) is 3.93. The molecule has 1 aromatic heterocycles. The van der Waals surface area contributed by atoms with Crippen LogP contribution in [0.25, 0.3) is 0 Å². The number of rotatable bonds is 1. The Labute approximate surface area is 70.0 Å². The van der Waals surface area contributed by atoms with Crippen LogP contribution in [-0.4, -0.2) is 28.1 Å². The third kappa shape index (κ3) is 1.17. The second-order valence-corrected chi connectivity index (χ2v) is 2.81. The van der Waals surface area contributed by atoms with Crippen molar-refractivity contribution in [2.45, 2.75) is 12.5 Å². The van der Waals surface area contributed by atoms with Gasteiger partial charge in [-0.05, 0) is 13.0 Å². The van der Waals surface area contributed by atoms with Gasteiger partial charge in [0.1, 0.15) is 6.07 Å². The fourth-order valence-electron chi connectivity index (χ4n) is 1.34. The van der Waals surface area contributed by atoms with E-state index in [4.69, 9.17) is 5.26 Å². The summed E-state index contributed by atoms with van der Waals surface area (Å²) >= 11 is 0. The maximum Gasteiger partial charge on any atom is 0.182 e. The molecule has 0 radical (unpaired) electrons. The van der Waals surface area contributed by atoms with Gasteiger partial charge in [-0.25, -0.2) is 0 Å². The largest absolute Gasteiger partial charge is 0.314 e. The van der Waals surface area contributed by atoms with Crippen molar-refractivity contribution in [3.8, 4) is 6.07 Å². The SMILES string of the molecule is N#Cc1cnn(C2CCNC2)n1. The summed E-state index contributed by atoms with van der Waals surface area (Å²) in [6, 6.07) is 2.28. The molecule has 1 saturated heterocycles. The lowest BCUT2D eigenvalue weighted by molar-refractivity contribution is 0.432. The Kier molecular flexibility index (Phi) is 1.76. The van der Waals surface area contributed by atoms with E-state index in [1.165, 1.54) is 6.20 Å². The smallest absolute Gasteiger partial charge is 0.182 e. The predicted octanol–water partition coefficient (Wildman–Crippen LogP) is -0.316. The van der Waals surface area contributed by atoms with E-state index < -0.39 is 0 Å². The van der Waals surface area contributed by atoms with Crippen molar-refractivity contribution >= 4 is 0 Å². The maximum absolute atomic E-state index is 8.51. The Morgan fingerprint density at radius 3 is 3.25 bits per heavy atom. The van der Waals surface area contributed by atoms with E-state index in [1.807, 2.05) is 6.07 Å². The minimum absolute atomic E-state index is 0.326. The third-order valence-corrected chi connectivity index (χ3v) is 1.98. The average molecular weight is 163 g/mol. The number of hydrogen-bond donors (Lipinski definition) is 1. The first-order valence-electron chi connectivity index (χ1n) is 3.93. The first kappa shape index (κ1) is 7.25. The molecule has 1 unspecified atom stereocenters. The van der Waals surface area contributed by atoms with Crippen molar-refractivity contribution in [1.82, 2.24) is 20.3 Å². The lowest BCUT2D eigenvalue weighted by atomic mass is 10.3. The van der Waals surface area contributed by atoms with Crippen LogP contribution >= 0.6 is 0 Å². The van der Waals surface area contributed by atoms with Crippen LogP contribution in [0.15, 0.2) is 6.20 Å². The molecule has 0 bridgehead atoms. The third-order valence-electron chi connectivity index (χ3n) is 1.98. The molecule has 2 heterocycles. The van der Waals surface area contributed by atoms with Gasteiger partial charge in [0.25, 0.3) is 0 Å². The van der Waals surface area contributed by atoms with Gasteiger partial charge in [0, 0.05) is 6.54 Å². The summed E-state index contributed by atoms with van der Waals surface area (Å²) in [4.78, 5) is 1.62. The van der Waals surface area contributed by atoms with Gasteiger partial charge in [-0.15, -0.1) is 5.10 Å². The topological polar surface area (TPSA) is 66.5 Å². The Morgan fingerprint density at radius 2 is 2.67 bits per heavy atom. The Balaban J connectivity index is 2.17. The molecule has 0 aliphatic carbocycles. The summed E-state index contributed by atoms with van der Waals surface area (Å²) in [6.07, 6.45) is 2.54. The number of nitrogens with one attached hydrogen (secondary N) is 1. The normalized spacial score (nSPS) is 22.4. The second-order valence-electron chi connectivity index (χ2n) is 2.81. The van der Waals surface area contributed by atoms with Gasteiger partial charge in [-0.1, -0.05) is 0 Å². The van der Waals surface area contributed by atoms with Gasteiger partial charge < -0.3 is 5.32 Å². The van der Waals surface area contributed by atoms with Crippen LogP contribution in [0.2, 0.25) is 0 Å². The van der Waals surface area contributed by atoms with E-state index in [9.17, 15) is 0 Å². The molecule has 1 aliphatic rings. The van der Waals surface area contributed by atoms with Crippen molar-refractivity contribution in [3.05, 3.63) is 11.9 Å². The molecule has 0 saturated carbocycles. The zero-order valence-electron chi connectivity index (χ0n) is 6.56. The molecule has 2 rings (SSSR count). The molecule has 1 aliphatic heterocycles. The van der Waals surface area contributed by atoms with Crippen molar-refractivity contribution < 1.29 is 0 Å². The van der Waals surface area contributed by atoms with Gasteiger partial charge in [-0.2, -0.15) is 15.2 Å². The molecular formula is C7H9N5. The van der Waals surface area contributed by atoms with Crippen LogP contribution in [0.1, 0.15) is 18.2 Å². The highest BCUT2D eigenvalue weighted by atomic mass is 15.5. The standard InChI is InChI=1S/C7H9N5/c8-3-6-4-10-12(11-6)7-1-2-9-5-7/h4,7,9H,1-2,5H2. The van der Waals surface area contributed by atoms with E-state index in [2.05, 4.69) is 15.5 Å². The first-order chi connectivity index (χ1) is 5.90. The molecule has 1 aromatic rings. The minimum Gasteiger partial charge on any atom is -0.314 e. The Bertz CT molecular complexity index is 304. The molecule has 1 atom stereocenters. The highest BCUT2D eigenvalue weighted by molar-refractivity contribution is 5.12. The molecular weight excluding hydrogens is 154 g/mol. The zero-order valence-corrected chi connectivity index (χ0v) is 6.56. The van der Waals surface area contributed by atoms with E-state index in [-0.39, 0.29) is 0 Å². The fraction of sp³-hybridized carbons (Fsp3) is 0.571. The fourth-order valence-corrected chi connectivity index (χ4v) is 1.34. The van der Waals surface area contributed by atoms with Gasteiger partial charge in [-0.3, -0.25) is 0 Å². The van der Waals surface area contributed by atoms with Crippen molar-refractivity contribution in [2.24, 2.45) is 0 Å². The van der Waals surface area contributed by atoms with Crippen LogP contribution in [0.3, 0.4) is 0 Å².